The van der Waals surface area contributed by atoms with Gasteiger partial charge in [-0.1, -0.05) is 6.92 Å². The van der Waals surface area contributed by atoms with Crippen LogP contribution in [0.4, 0.5) is 8.78 Å². The Morgan fingerprint density at radius 2 is 2.04 bits per heavy atom. The second kappa shape index (κ2) is 7.35. The molecule has 1 aliphatic rings. The summed E-state index contributed by atoms with van der Waals surface area (Å²) < 4.78 is 55.1. The van der Waals surface area contributed by atoms with Crippen molar-refractivity contribution in [2.24, 2.45) is 7.05 Å². The number of nitrogens with one attached hydrogen (secondary N) is 1. The Morgan fingerprint density at radius 3 is 2.70 bits per heavy atom. The van der Waals surface area contributed by atoms with Crippen LogP contribution in [-0.4, -0.2) is 34.7 Å². The molecule has 1 N–H and O–H groups in total. The maximum Gasteiger partial charge on any atom is 0.243 e. The van der Waals surface area contributed by atoms with Gasteiger partial charge in [0.15, 0.2) is 11.6 Å². The lowest BCUT2D eigenvalue weighted by atomic mass is 10.2. The van der Waals surface area contributed by atoms with Crippen LogP contribution in [0.5, 0.6) is 0 Å². The predicted molar refractivity (Wildman–Crippen MR) is 93.0 cm³/mol. The summed E-state index contributed by atoms with van der Waals surface area (Å²) in [6.45, 7) is 2.26. The highest BCUT2D eigenvalue weighted by Crippen LogP contribution is 2.26. The Kier molecular flexibility index (Phi) is 5.29. The minimum Gasteiger partial charge on any atom is -0.349 e. The van der Waals surface area contributed by atoms with E-state index in [-0.39, 0.29) is 30.4 Å². The lowest BCUT2D eigenvalue weighted by molar-refractivity contribution is -0.120. The summed E-state index contributed by atoms with van der Waals surface area (Å²) in [5.41, 5.74) is 1.49. The van der Waals surface area contributed by atoms with Gasteiger partial charge in [0, 0.05) is 26.4 Å². The number of fused-ring (bicyclic) bond motifs is 1. The molecule has 1 amide bonds. The number of imidazole rings is 1. The Hall–Kier alpha value is -2.33. The molecule has 1 aliphatic heterocycles. The molecule has 146 valence electrons. The zero-order valence-corrected chi connectivity index (χ0v) is 15.8. The number of benzene rings is 1. The third-order valence-corrected chi connectivity index (χ3v) is 6.45. The first kappa shape index (κ1) is 19.4. The normalized spacial score (nSPS) is 14.8. The molecule has 27 heavy (non-hydrogen) atoms. The van der Waals surface area contributed by atoms with Crippen molar-refractivity contribution in [1.82, 2.24) is 19.2 Å². The number of nitrogens with zero attached hydrogens (tertiary/aromatic N) is 3. The molecule has 7 nitrogen and oxygen atoms in total. The topological polar surface area (TPSA) is 84.3 Å². The number of hydrogen-bond acceptors (Lipinski definition) is 4. The summed E-state index contributed by atoms with van der Waals surface area (Å²) in [5.74, 6) is -1.77. The number of carbonyl (C=O) groups excluding carboxylic acids is 1. The molecule has 0 saturated heterocycles. The molecule has 0 atom stereocenters. The second-order valence-electron chi connectivity index (χ2n) is 6.28. The molecule has 0 unspecified atom stereocenters. The number of sulfonamides is 1. The van der Waals surface area contributed by atoms with Crippen LogP contribution in [0.3, 0.4) is 0 Å². The van der Waals surface area contributed by atoms with Gasteiger partial charge in [0.1, 0.15) is 5.82 Å². The second-order valence-corrected chi connectivity index (χ2v) is 8.21. The van der Waals surface area contributed by atoms with Crippen molar-refractivity contribution >= 4 is 15.9 Å². The van der Waals surface area contributed by atoms with Gasteiger partial charge in [-0.2, -0.15) is 4.31 Å². The van der Waals surface area contributed by atoms with E-state index in [0.29, 0.717) is 30.4 Å². The molecule has 2 heterocycles. The van der Waals surface area contributed by atoms with Crippen LogP contribution in [0.25, 0.3) is 0 Å². The summed E-state index contributed by atoms with van der Waals surface area (Å²) >= 11 is 0. The monoisotopic (exact) mass is 398 g/mol. The molecule has 0 spiro atoms. The van der Waals surface area contributed by atoms with E-state index in [4.69, 9.17) is 0 Å². The minimum atomic E-state index is -3.97. The molecule has 1 aromatic heterocycles. The van der Waals surface area contributed by atoms with Gasteiger partial charge in [-0.05, 0) is 18.2 Å². The molecule has 1 aromatic carbocycles. The van der Waals surface area contributed by atoms with Gasteiger partial charge >= 0.3 is 0 Å². The number of carbonyl (C=O) groups is 1. The van der Waals surface area contributed by atoms with Gasteiger partial charge in [-0.25, -0.2) is 22.2 Å². The first-order chi connectivity index (χ1) is 12.7. The van der Waals surface area contributed by atoms with Crippen molar-refractivity contribution in [3.05, 3.63) is 47.0 Å². The van der Waals surface area contributed by atoms with Crippen molar-refractivity contribution in [2.75, 3.05) is 6.54 Å². The maximum atomic E-state index is 13.5. The minimum absolute atomic E-state index is 0.0713. The van der Waals surface area contributed by atoms with Crippen LogP contribution in [0, 0.1) is 11.6 Å². The molecule has 2 aromatic rings. The highest BCUT2D eigenvalue weighted by Gasteiger charge is 2.31. The van der Waals surface area contributed by atoms with E-state index < -0.39 is 21.7 Å². The fourth-order valence-corrected chi connectivity index (χ4v) is 4.39. The van der Waals surface area contributed by atoms with Gasteiger partial charge in [-0.15, -0.1) is 0 Å². The Balaban J connectivity index is 1.84. The van der Waals surface area contributed by atoms with Crippen molar-refractivity contribution in [3.8, 4) is 0 Å². The number of amides is 1. The third kappa shape index (κ3) is 3.72. The summed E-state index contributed by atoms with van der Waals surface area (Å²) in [6, 6.07) is 2.55. The SMILES string of the molecule is CCC(=O)NCc1nc2c(n1C)CN(S(=O)(=O)c1ccc(F)c(F)c1)CC2. The molecular formula is C17H20F2N4O3S. The Bertz CT molecular complexity index is 988. The lowest BCUT2D eigenvalue weighted by Gasteiger charge is -2.26. The van der Waals surface area contributed by atoms with E-state index in [2.05, 4.69) is 10.3 Å². The van der Waals surface area contributed by atoms with Crippen molar-refractivity contribution < 1.29 is 22.0 Å². The molecule has 0 radical (unpaired) electrons. The van der Waals surface area contributed by atoms with E-state index in [1.165, 1.54) is 4.31 Å². The van der Waals surface area contributed by atoms with Crippen LogP contribution >= 0.6 is 0 Å². The zero-order chi connectivity index (χ0) is 19.8. The largest absolute Gasteiger partial charge is 0.349 e. The number of rotatable bonds is 5. The molecule has 3 rings (SSSR count). The highest BCUT2D eigenvalue weighted by atomic mass is 32.2. The van der Waals surface area contributed by atoms with Crippen LogP contribution in [0.1, 0.15) is 30.6 Å². The van der Waals surface area contributed by atoms with Crippen LogP contribution < -0.4 is 5.32 Å². The van der Waals surface area contributed by atoms with Crippen LogP contribution in [0.15, 0.2) is 23.1 Å². The van der Waals surface area contributed by atoms with Gasteiger partial charge in [0.25, 0.3) is 0 Å². The number of hydrogen-bond donors (Lipinski definition) is 1. The first-order valence-corrected chi connectivity index (χ1v) is 9.93. The smallest absolute Gasteiger partial charge is 0.243 e. The first-order valence-electron chi connectivity index (χ1n) is 8.49. The third-order valence-electron chi connectivity index (χ3n) is 4.61. The summed E-state index contributed by atoms with van der Waals surface area (Å²) in [5, 5.41) is 2.75. The Labute approximate surface area is 156 Å². The molecule has 0 bridgehead atoms. The van der Waals surface area contributed by atoms with Gasteiger partial charge in [0.2, 0.25) is 15.9 Å². The lowest BCUT2D eigenvalue weighted by Crippen LogP contribution is -2.36. The number of halogens is 2. The fraction of sp³-hybridized carbons (Fsp3) is 0.412. The van der Waals surface area contributed by atoms with E-state index >= 15 is 0 Å². The summed E-state index contributed by atoms with van der Waals surface area (Å²) in [4.78, 5) is 15.6. The standard InChI is InChI=1S/C17H20F2N4O3S/c1-3-17(24)20-9-16-21-14-6-7-23(10-15(14)22(16)2)27(25,26)11-4-5-12(18)13(19)8-11/h4-5,8H,3,6-7,9-10H2,1-2H3,(H,20,24). The quantitative estimate of drug-likeness (QED) is 0.827. The zero-order valence-electron chi connectivity index (χ0n) is 15.0. The predicted octanol–water partition coefficient (Wildman–Crippen LogP) is 1.47. The van der Waals surface area contributed by atoms with Crippen LogP contribution in [0.2, 0.25) is 0 Å². The van der Waals surface area contributed by atoms with E-state index in [9.17, 15) is 22.0 Å². The van der Waals surface area contributed by atoms with Crippen molar-refractivity contribution in [3.63, 3.8) is 0 Å². The van der Waals surface area contributed by atoms with E-state index in [1.54, 1.807) is 18.5 Å². The summed E-state index contributed by atoms with van der Waals surface area (Å²) in [7, 11) is -2.21. The molecule has 0 saturated carbocycles. The molecule has 0 aliphatic carbocycles. The molecule has 10 heteroatoms. The van der Waals surface area contributed by atoms with E-state index in [1.807, 2.05) is 0 Å². The molecule has 0 fully saturated rings. The van der Waals surface area contributed by atoms with E-state index in [0.717, 1.165) is 17.8 Å². The number of aromatic nitrogens is 2. The molecular weight excluding hydrogens is 378 g/mol. The van der Waals surface area contributed by atoms with Crippen LogP contribution in [-0.2, 0) is 41.4 Å². The van der Waals surface area contributed by atoms with Crippen molar-refractivity contribution in [1.29, 1.82) is 0 Å². The van der Waals surface area contributed by atoms with Gasteiger partial charge in [-0.3, -0.25) is 4.79 Å². The van der Waals surface area contributed by atoms with Crippen molar-refractivity contribution in [2.45, 2.75) is 37.8 Å². The fourth-order valence-electron chi connectivity index (χ4n) is 2.97. The summed E-state index contributed by atoms with van der Waals surface area (Å²) in [6.07, 6.45) is 0.762. The maximum absolute atomic E-state index is 13.5. The Morgan fingerprint density at radius 1 is 1.30 bits per heavy atom. The van der Waals surface area contributed by atoms with Gasteiger partial charge < -0.3 is 9.88 Å². The average molecular weight is 398 g/mol. The highest BCUT2D eigenvalue weighted by molar-refractivity contribution is 7.89. The van der Waals surface area contributed by atoms with Gasteiger partial charge in [0.05, 0.1) is 29.4 Å². The average Bonchev–Trinajstić information content (AvgIpc) is 2.97.